The van der Waals surface area contributed by atoms with E-state index in [4.69, 9.17) is 0 Å². The van der Waals surface area contributed by atoms with Gasteiger partial charge in [0.15, 0.2) is 0 Å². The normalized spacial score (nSPS) is 13.4. The van der Waals surface area contributed by atoms with Crippen molar-refractivity contribution in [3.8, 4) is 0 Å². The van der Waals surface area contributed by atoms with Crippen LogP contribution in [-0.4, -0.2) is 28.5 Å². The maximum atomic E-state index is 12.2. The van der Waals surface area contributed by atoms with Gasteiger partial charge >= 0.3 is 5.97 Å². The molecule has 1 heterocycles. The van der Waals surface area contributed by atoms with Gasteiger partial charge in [-0.15, -0.1) is 11.3 Å². The third-order valence-electron chi connectivity index (χ3n) is 3.60. The molecule has 6 heteroatoms. The average molecular weight is 318 g/mol. The Labute approximate surface area is 133 Å². The van der Waals surface area contributed by atoms with Crippen LogP contribution in [0, 0.1) is 13.8 Å². The number of hydrogen-bond donors (Lipinski definition) is 2. The van der Waals surface area contributed by atoms with Crippen LogP contribution in [0.2, 0.25) is 0 Å². The average Bonchev–Trinajstić information content (AvgIpc) is 2.84. The van der Waals surface area contributed by atoms with Crippen LogP contribution in [0.4, 0.5) is 0 Å². The largest absolute Gasteiger partial charge is 0.481 e. The van der Waals surface area contributed by atoms with E-state index in [9.17, 15) is 14.7 Å². The van der Waals surface area contributed by atoms with Gasteiger partial charge in [-0.25, -0.2) is 4.98 Å². The minimum atomic E-state index is -1.18. The first-order valence-corrected chi connectivity index (χ1v) is 7.67. The maximum Gasteiger partial charge on any atom is 0.315 e. The zero-order chi connectivity index (χ0) is 16.3. The highest BCUT2D eigenvalue weighted by molar-refractivity contribution is 7.13. The number of nitrogens with zero attached hydrogens (tertiary/aromatic N) is 1. The Morgan fingerprint density at radius 1 is 1.27 bits per heavy atom. The summed E-state index contributed by atoms with van der Waals surface area (Å²) in [6.45, 7) is 5.23. The lowest BCUT2D eigenvalue weighted by Crippen LogP contribution is -2.44. The maximum absolute atomic E-state index is 12.2. The third-order valence-corrected chi connectivity index (χ3v) is 4.67. The number of aliphatic carboxylic acids is 1. The van der Waals surface area contributed by atoms with E-state index in [1.807, 2.05) is 13.0 Å². The van der Waals surface area contributed by atoms with E-state index in [-0.39, 0.29) is 12.5 Å². The van der Waals surface area contributed by atoms with Crippen molar-refractivity contribution in [3.05, 3.63) is 51.5 Å². The quantitative estimate of drug-likeness (QED) is 0.888. The predicted molar refractivity (Wildman–Crippen MR) is 85.4 cm³/mol. The van der Waals surface area contributed by atoms with Crippen molar-refractivity contribution in [2.45, 2.75) is 26.2 Å². The van der Waals surface area contributed by atoms with E-state index < -0.39 is 11.4 Å². The summed E-state index contributed by atoms with van der Waals surface area (Å²) >= 11 is 1.31. The molecule has 0 fully saturated rings. The molecule has 1 aromatic heterocycles. The summed E-state index contributed by atoms with van der Waals surface area (Å²) in [4.78, 5) is 28.7. The van der Waals surface area contributed by atoms with Gasteiger partial charge in [0.25, 0.3) is 5.91 Å². The van der Waals surface area contributed by atoms with Crippen LogP contribution in [0.3, 0.4) is 0 Å². The highest BCUT2D eigenvalue weighted by Crippen LogP contribution is 2.24. The molecule has 1 aromatic carbocycles. The Balaban J connectivity index is 2.18. The fraction of sp³-hybridized carbons (Fsp3) is 0.312. The highest BCUT2D eigenvalue weighted by atomic mass is 32.1. The van der Waals surface area contributed by atoms with Gasteiger partial charge in [0, 0.05) is 6.54 Å². The van der Waals surface area contributed by atoms with E-state index >= 15 is 0 Å². The van der Waals surface area contributed by atoms with Crippen molar-refractivity contribution in [3.63, 3.8) is 0 Å². The van der Waals surface area contributed by atoms with E-state index in [0.29, 0.717) is 16.1 Å². The fourth-order valence-corrected chi connectivity index (χ4v) is 3.02. The molecule has 116 valence electrons. The molecule has 0 bridgehead atoms. The van der Waals surface area contributed by atoms with Crippen LogP contribution >= 0.6 is 11.3 Å². The molecule has 0 aliphatic carbocycles. The molecule has 0 spiro atoms. The van der Waals surface area contributed by atoms with Crippen LogP contribution in [0.5, 0.6) is 0 Å². The second-order valence-corrected chi connectivity index (χ2v) is 6.54. The standard InChI is InChI=1S/C16H18N2O3S/c1-10-13(22-11(2)18-10)14(19)17-9-16(3,15(20)21)12-7-5-4-6-8-12/h4-8H,9H2,1-3H3,(H,17,19)(H,20,21). The van der Waals surface area contributed by atoms with E-state index in [0.717, 1.165) is 5.01 Å². The van der Waals surface area contributed by atoms with Crippen molar-refractivity contribution in [2.75, 3.05) is 6.54 Å². The van der Waals surface area contributed by atoms with Crippen molar-refractivity contribution < 1.29 is 14.7 Å². The topological polar surface area (TPSA) is 79.3 Å². The van der Waals surface area contributed by atoms with Gasteiger partial charge in [-0.05, 0) is 26.3 Å². The minimum absolute atomic E-state index is 0.0154. The number of nitrogens with one attached hydrogen (secondary N) is 1. The zero-order valence-electron chi connectivity index (χ0n) is 12.7. The molecule has 2 N–H and O–H groups in total. The number of aromatic nitrogens is 1. The number of benzene rings is 1. The second-order valence-electron chi connectivity index (χ2n) is 5.33. The number of aryl methyl sites for hydroxylation is 2. The monoisotopic (exact) mass is 318 g/mol. The van der Waals surface area contributed by atoms with Crippen molar-refractivity contribution in [1.82, 2.24) is 10.3 Å². The number of carboxylic acids is 1. The Morgan fingerprint density at radius 2 is 1.91 bits per heavy atom. The fourth-order valence-electron chi connectivity index (χ4n) is 2.19. The van der Waals surface area contributed by atoms with E-state index in [1.165, 1.54) is 11.3 Å². The molecule has 22 heavy (non-hydrogen) atoms. The van der Waals surface area contributed by atoms with Crippen molar-refractivity contribution >= 4 is 23.2 Å². The molecule has 0 aliphatic rings. The molecule has 1 atom stereocenters. The number of rotatable bonds is 5. The molecule has 2 rings (SSSR count). The first kappa shape index (κ1) is 16.2. The van der Waals surface area contributed by atoms with Gasteiger partial charge in [-0.2, -0.15) is 0 Å². The summed E-state index contributed by atoms with van der Waals surface area (Å²) in [5, 5.41) is 13.1. The summed E-state index contributed by atoms with van der Waals surface area (Å²) in [6.07, 6.45) is 0. The van der Waals surface area contributed by atoms with Gasteiger partial charge in [0.05, 0.1) is 10.7 Å². The molecule has 0 saturated carbocycles. The summed E-state index contributed by atoms with van der Waals surface area (Å²) < 4.78 is 0. The van der Waals surface area contributed by atoms with Gasteiger partial charge < -0.3 is 10.4 Å². The summed E-state index contributed by atoms with van der Waals surface area (Å²) in [5.41, 5.74) is 0.140. The molecule has 0 aliphatic heterocycles. The smallest absolute Gasteiger partial charge is 0.315 e. The Hall–Kier alpha value is -2.21. The molecule has 0 saturated heterocycles. The summed E-state index contributed by atoms with van der Waals surface area (Å²) in [7, 11) is 0. The first-order valence-electron chi connectivity index (χ1n) is 6.86. The van der Waals surface area contributed by atoms with Crippen molar-refractivity contribution in [1.29, 1.82) is 0 Å². The van der Waals surface area contributed by atoms with Crippen LogP contribution in [0.1, 0.15) is 32.9 Å². The Kier molecular flexibility index (Phi) is 4.61. The molecule has 0 radical (unpaired) electrons. The van der Waals surface area contributed by atoms with Gasteiger partial charge in [-0.3, -0.25) is 9.59 Å². The summed E-state index contributed by atoms with van der Waals surface area (Å²) in [6, 6.07) is 8.91. The molecule has 1 amide bonds. The van der Waals surface area contributed by atoms with E-state index in [1.54, 1.807) is 38.1 Å². The zero-order valence-corrected chi connectivity index (χ0v) is 13.5. The second kappa shape index (κ2) is 6.27. The minimum Gasteiger partial charge on any atom is -0.481 e. The molecular weight excluding hydrogens is 300 g/mol. The van der Waals surface area contributed by atoms with Crippen LogP contribution in [0.15, 0.2) is 30.3 Å². The van der Waals surface area contributed by atoms with Crippen LogP contribution in [-0.2, 0) is 10.2 Å². The SMILES string of the molecule is Cc1nc(C)c(C(=O)NCC(C)(C(=O)O)c2ccccc2)s1. The number of hydrogen-bond acceptors (Lipinski definition) is 4. The first-order chi connectivity index (χ1) is 10.3. The lowest BCUT2D eigenvalue weighted by molar-refractivity contribution is -0.142. The lowest BCUT2D eigenvalue weighted by Gasteiger charge is -2.25. The molecular formula is C16H18N2O3S. The lowest BCUT2D eigenvalue weighted by atomic mass is 9.82. The number of thiazole rings is 1. The van der Waals surface area contributed by atoms with Gasteiger partial charge in [-0.1, -0.05) is 30.3 Å². The molecule has 5 nitrogen and oxygen atoms in total. The third kappa shape index (κ3) is 3.17. The van der Waals surface area contributed by atoms with E-state index in [2.05, 4.69) is 10.3 Å². The van der Waals surface area contributed by atoms with Crippen LogP contribution in [0.25, 0.3) is 0 Å². The van der Waals surface area contributed by atoms with Gasteiger partial charge in [0.2, 0.25) is 0 Å². The van der Waals surface area contributed by atoms with Crippen LogP contribution < -0.4 is 5.32 Å². The molecule has 1 unspecified atom stereocenters. The van der Waals surface area contributed by atoms with Gasteiger partial charge in [0.1, 0.15) is 10.3 Å². The Bertz CT molecular complexity index is 697. The Morgan fingerprint density at radius 3 is 2.41 bits per heavy atom. The predicted octanol–water partition coefficient (Wildman–Crippen LogP) is 2.53. The number of carbonyl (C=O) groups excluding carboxylic acids is 1. The number of carboxylic acid groups (broad SMARTS) is 1. The molecule has 2 aromatic rings. The number of amides is 1. The highest BCUT2D eigenvalue weighted by Gasteiger charge is 2.35. The number of carbonyl (C=O) groups is 2. The summed E-state index contributed by atoms with van der Waals surface area (Å²) in [5.74, 6) is -1.26. The van der Waals surface area contributed by atoms with Crippen molar-refractivity contribution in [2.24, 2.45) is 0 Å².